The van der Waals surface area contributed by atoms with Gasteiger partial charge in [-0.25, -0.2) is 4.68 Å². The first-order valence-electron chi connectivity index (χ1n) is 8.99. The molecule has 0 aliphatic carbocycles. The summed E-state index contributed by atoms with van der Waals surface area (Å²) in [7, 11) is 0. The molecule has 0 saturated heterocycles. The van der Waals surface area contributed by atoms with Crippen LogP contribution >= 0.6 is 0 Å². The summed E-state index contributed by atoms with van der Waals surface area (Å²) in [5, 5.41) is 15.4. The van der Waals surface area contributed by atoms with Crippen LogP contribution in [0.15, 0.2) is 53.3 Å². The number of halogens is 3. The zero-order chi connectivity index (χ0) is 22.2. The summed E-state index contributed by atoms with van der Waals surface area (Å²) in [6.07, 6.45) is -4.91. The fourth-order valence-corrected chi connectivity index (χ4v) is 3.27. The Hall–Kier alpha value is -3.73. The van der Waals surface area contributed by atoms with Crippen LogP contribution in [0.3, 0.4) is 0 Å². The molecule has 0 amide bonds. The molecule has 160 valence electrons. The van der Waals surface area contributed by atoms with Gasteiger partial charge in [0.25, 0.3) is 11.2 Å². The molecule has 0 fully saturated rings. The second-order valence-electron chi connectivity index (χ2n) is 6.73. The number of alkyl halides is 3. The lowest BCUT2D eigenvalue weighted by molar-refractivity contribution is -0.385. The third-order valence-electron chi connectivity index (χ3n) is 4.65. The number of nitrogens with zero attached hydrogens (tertiary/aromatic N) is 3. The van der Waals surface area contributed by atoms with E-state index in [9.17, 15) is 28.1 Å². The van der Waals surface area contributed by atoms with Crippen LogP contribution in [0.2, 0.25) is 0 Å². The van der Waals surface area contributed by atoms with E-state index < -0.39 is 28.8 Å². The van der Waals surface area contributed by atoms with E-state index in [0.29, 0.717) is 21.9 Å². The smallest absolute Gasteiger partial charge is 0.421 e. The molecule has 0 N–H and O–H groups in total. The van der Waals surface area contributed by atoms with Gasteiger partial charge >= 0.3 is 6.18 Å². The van der Waals surface area contributed by atoms with Crippen molar-refractivity contribution in [2.75, 3.05) is 6.79 Å². The fraction of sp³-hybridized carbons (Fsp3) is 0.200. The topological polar surface area (TPSA) is 96.5 Å². The summed E-state index contributed by atoms with van der Waals surface area (Å²) in [6.45, 7) is -0.547. The van der Waals surface area contributed by atoms with Gasteiger partial charge in [-0.05, 0) is 6.07 Å². The van der Waals surface area contributed by atoms with Gasteiger partial charge in [0.2, 0.25) is 0 Å². The van der Waals surface area contributed by atoms with Gasteiger partial charge in [-0.2, -0.15) is 18.3 Å². The van der Waals surface area contributed by atoms with Crippen molar-refractivity contribution in [3.8, 4) is 17.0 Å². The van der Waals surface area contributed by atoms with Gasteiger partial charge in [-0.15, -0.1) is 0 Å². The lowest BCUT2D eigenvalue weighted by Crippen LogP contribution is -2.31. The average molecular weight is 433 g/mol. The van der Waals surface area contributed by atoms with Crippen LogP contribution in [-0.2, 0) is 24.1 Å². The highest BCUT2D eigenvalue weighted by molar-refractivity contribution is 5.59. The first-order valence-corrected chi connectivity index (χ1v) is 8.99. The lowest BCUT2D eigenvalue weighted by Gasteiger charge is -2.21. The number of nitro groups is 1. The number of fused-ring (bicyclic) bond motifs is 1. The van der Waals surface area contributed by atoms with Crippen molar-refractivity contribution < 1.29 is 27.6 Å². The SMILES string of the molecule is O=c1c(C(F)(F)F)cc(-c2ccccc2)nn1Cc1cc([N+](=O)[O-])cc2c1OCOC2. The highest BCUT2D eigenvalue weighted by atomic mass is 19.4. The minimum Gasteiger partial charge on any atom is -0.467 e. The van der Waals surface area contributed by atoms with Crippen molar-refractivity contribution >= 4 is 5.69 Å². The van der Waals surface area contributed by atoms with Crippen LogP contribution < -0.4 is 10.3 Å². The van der Waals surface area contributed by atoms with Crippen LogP contribution in [0.1, 0.15) is 16.7 Å². The average Bonchev–Trinajstić information content (AvgIpc) is 2.74. The van der Waals surface area contributed by atoms with E-state index in [-0.39, 0.29) is 36.1 Å². The van der Waals surface area contributed by atoms with Gasteiger partial charge in [0.1, 0.15) is 11.3 Å². The number of hydrogen-bond donors (Lipinski definition) is 0. The van der Waals surface area contributed by atoms with E-state index in [2.05, 4.69) is 5.10 Å². The molecule has 3 aromatic rings. The second-order valence-corrected chi connectivity index (χ2v) is 6.73. The third kappa shape index (κ3) is 4.12. The molecule has 8 nitrogen and oxygen atoms in total. The van der Waals surface area contributed by atoms with Gasteiger partial charge in [0.05, 0.1) is 23.8 Å². The third-order valence-corrected chi connectivity index (χ3v) is 4.65. The summed E-state index contributed by atoms with van der Waals surface area (Å²) in [6, 6.07) is 11.2. The molecule has 2 heterocycles. The minimum atomic E-state index is -4.91. The monoisotopic (exact) mass is 433 g/mol. The largest absolute Gasteiger partial charge is 0.467 e. The molecule has 1 aliphatic rings. The van der Waals surface area contributed by atoms with E-state index in [0.717, 1.165) is 6.07 Å². The summed E-state index contributed by atoms with van der Waals surface area (Å²) in [4.78, 5) is 23.2. The number of nitro benzene ring substituents is 1. The minimum absolute atomic E-state index is 0.0319. The van der Waals surface area contributed by atoms with Crippen LogP contribution in [0.25, 0.3) is 11.3 Å². The van der Waals surface area contributed by atoms with Crippen LogP contribution in [0.5, 0.6) is 5.75 Å². The highest BCUT2D eigenvalue weighted by Gasteiger charge is 2.36. The highest BCUT2D eigenvalue weighted by Crippen LogP contribution is 2.34. The van der Waals surface area contributed by atoms with Crippen molar-refractivity contribution in [1.29, 1.82) is 0 Å². The van der Waals surface area contributed by atoms with E-state index in [1.807, 2.05) is 0 Å². The Labute approximate surface area is 172 Å². The van der Waals surface area contributed by atoms with Crippen molar-refractivity contribution in [3.05, 3.63) is 85.7 Å². The summed E-state index contributed by atoms with van der Waals surface area (Å²) in [5.41, 5.74) is -2.21. The first kappa shape index (κ1) is 20.5. The Morgan fingerprint density at radius 3 is 2.58 bits per heavy atom. The molecule has 1 aromatic heterocycles. The number of benzene rings is 2. The molecule has 11 heteroatoms. The Bertz CT molecular complexity index is 1210. The maximum atomic E-state index is 13.5. The van der Waals surface area contributed by atoms with E-state index >= 15 is 0 Å². The number of hydrogen-bond acceptors (Lipinski definition) is 6. The first-order chi connectivity index (χ1) is 14.7. The number of ether oxygens (including phenoxy) is 2. The summed E-state index contributed by atoms with van der Waals surface area (Å²) < 4.78 is 51.8. The quantitative estimate of drug-likeness (QED) is 0.459. The Morgan fingerprint density at radius 1 is 1.16 bits per heavy atom. The molecular formula is C20H14F3N3O5. The van der Waals surface area contributed by atoms with Gasteiger partial charge in [-0.3, -0.25) is 14.9 Å². The normalized spacial score (nSPS) is 13.4. The Kier molecular flexibility index (Phi) is 5.19. The molecule has 0 unspecified atom stereocenters. The molecule has 0 atom stereocenters. The predicted octanol–water partition coefficient (Wildman–Crippen LogP) is 3.75. The predicted molar refractivity (Wildman–Crippen MR) is 101 cm³/mol. The molecule has 0 spiro atoms. The van der Waals surface area contributed by atoms with Gasteiger partial charge < -0.3 is 9.47 Å². The fourth-order valence-electron chi connectivity index (χ4n) is 3.27. The molecule has 4 rings (SSSR count). The van der Waals surface area contributed by atoms with Crippen LogP contribution in [0.4, 0.5) is 18.9 Å². The van der Waals surface area contributed by atoms with Crippen molar-refractivity contribution in [2.45, 2.75) is 19.3 Å². The maximum absolute atomic E-state index is 13.5. The summed E-state index contributed by atoms with van der Waals surface area (Å²) >= 11 is 0. The van der Waals surface area contributed by atoms with Crippen molar-refractivity contribution in [1.82, 2.24) is 9.78 Å². The number of rotatable bonds is 4. The molecule has 0 bridgehead atoms. The van der Waals surface area contributed by atoms with Crippen LogP contribution in [-0.4, -0.2) is 21.5 Å². The molecule has 0 saturated carbocycles. The van der Waals surface area contributed by atoms with E-state index in [1.54, 1.807) is 30.3 Å². The van der Waals surface area contributed by atoms with Gasteiger partial charge in [0, 0.05) is 28.8 Å². The molecular weight excluding hydrogens is 419 g/mol. The van der Waals surface area contributed by atoms with Crippen molar-refractivity contribution in [3.63, 3.8) is 0 Å². The Balaban J connectivity index is 1.88. The zero-order valence-corrected chi connectivity index (χ0v) is 15.8. The molecule has 1 aliphatic heterocycles. The number of aromatic nitrogens is 2. The lowest BCUT2D eigenvalue weighted by atomic mass is 10.1. The van der Waals surface area contributed by atoms with Gasteiger partial charge in [0.15, 0.2) is 6.79 Å². The van der Waals surface area contributed by atoms with E-state index in [1.165, 1.54) is 6.07 Å². The standard InChI is InChI=1S/C20H14F3N3O5/c21-20(22,23)16-8-17(12-4-2-1-3-5-12)24-25(19(16)27)9-13-6-15(26(28)29)7-14-10-30-11-31-18(13)14/h1-8H,9-11H2. The maximum Gasteiger partial charge on any atom is 0.421 e. The van der Waals surface area contributed by atoms with E-state index in [4.69, 9.17) is 9.47 Å². The second kappa shape index (κ2) is 7.84. The number of non-ortho nitro benzene ring substituents is 1. The molecule has 0 radical (unpaired) electrons. The van der Waals surface area contributed by atoms with Gasteiger partial charge in [-0.1, -0.05) is 30.3 Å². The van der Waals surface area contributed by atoms with Crippen molar-refractivity contribution in [2.24, 2.45) is 0 Å². The Morgan fingerprint density at radius 2 is 1.90 bits per heavy atom. The van der Waals surface area contributed by atoms with Crippen LogP contribution in [0, 0.1) is 10.1 Å². The molecule has 2 aromatic carbocycles. The zero-order valence-electron chi connectivity index (χ0n) is 15.8. The summed E-state index contributed by atoms with van der Waals surface area (Å²) in [5.74, 6) is 0.226. The molecule has 31 heavy (non-hydrogen) atoms.